The van der Waals surface area contributed by atoms with Crippen LogP contribution in [-0.4, -0.2) is 47.0 Å². The molecule has 1 aliphatic heterocycles. The summed E-state index contributed by atoms with van der Waals surface area (Å²) >= 11 is 0. The van der Waals surface area contributed by atoms with Gasteiger partial charge in [-0.1, -0.05) is 13.8 Å². The minimum absolute atomic E-state index is 0.208. The lowest BCUT2D eigenvalue weighted by Gasteiger charge is -2.19. The molecule has 20 heavy (non-hydrogen) atoms. The van der Waals surface area contributed by atoms with Crippen LogP contribution in [0.4, 0.5) is 0 Å². The van der Waals surface area contributed by atoms with Crippen molar-refractivity contribution in [2.45, 2.75) is 30.9 Å². The topological polar surface area (TPSA) is 67.8 Å². The number of fused-ring (bicyclic) bond motifs is 1. The van der Waals surface area contributed by atoms with Crippen LogP contribution in [0.25, 0.3) is 0 Å². The van der Waals surface area contributed by atoms with Crippen molar-refractivity contribution in [2.75, 3.05) is 25.5 Å². The number of hydrogen-bond acceptors (Lipinski definition) is 5. The highest BCUT2D eigenvalue weighted by molar-refractivity contribution is 7.85. The number of nitrogens with one attached hydrogen (secondary N) is 1. The third-order valence-electron chi connectivity index (χ3n) is 2.88. The van der Waals surface area contributed by atoms with Crippen LogP contribution in [0.1, 0.15) is 13.8 Å². The van der Waals surface area contributed by atoms with E-state index in [1.54, 1.807) is 18.2 Å². The molecule has 0 bridgehead atoms. The predicted octanol–water partition coefficient (Wildman–Crippen LogP) is 0.924. The van der Waals surface area contributed by atoms with Crippen molar-refractivity contribution in [1.82, 2.24) is 5.32 Å². The molecule has 0 fully saturated rings. The summed E-state index contributed by atoms with van der Waals surface area (Å²) < 4.78 is 23.1. The Morgan fingerprint density at radius 2 is 2.00 bits per heavy atom. The minimum Gasteiger partial charge on any atom is -0.486 e. The highest BCUT2D eigenvalue weighted by Crippen LogP contribution is 2.31. The van der Waals surface area contributed by atoms with E-state index in [2.05, 4.69) is 5.32 Å². The molecule has 0 aliphatic carbocycles. The van der Waals surface area contributed by atoms with E-state index >= 15 is 0 Å². The zero-order valence-corrected chi connectivity index (χ0v) is 12.6. The molecule has 2 unspecified atom stereocenters. The first kappa shape index (κ1) is 15.3. The maximum Gasteiger partial charge on any atom is 0.162 e. The molecule has 1 heterocycles. The second kappa shape index (κ2) is 7.06. The van der Waals surface area contributed by atoms with Crippen LogP contribution in [0.15, 0.2) is 23.1 Å². The summed E-state index contributed by atoms with van der Waals surface area (Å²) in [4.78, 5) is 0.651. The molecule has 0 radical (unpaired) electrons. The Bertz CT molecular complexity index is 478. The van der Waals surface area contributed by atoms with Gasteiger partial charge in [0.25, 0.3) is 0 Å². The van der Waals surface area contributed by atoms with Crippen molar-refractivity contribution >= 4 is 10.8 Å². The van der Waals surface area contributed by atoms with Crippen LogP contribution in [0.2, 0.25) is 0 Å². The Labute approximate surface area is 121 Å². The van der Waals surface area contributed by atoms with Gasteiger partial charge in [0, 0.05) is 23.5 Å². The van der Waals surface area contributed by atoms with E-state index in [-0.39, 0.29) is 5.75 Å². The Hall–Kier alpha value is -1.11. The summed E-state index contributed by atoms with van der Waals surface area (Å²) in [5.74, 6) is 1.51. The molecule has 0 spiro atoms. The Balaban J connectivity index is 1.95. The zero-order valence-electron chi connectivity index (χ0n) is 11.8. The largest absolute Gasteiger partial charge is 0.486 e. The maximum absolute atomic E-state index is 12.2. The van der Waals surface area contributed by atoms with Crippen molar-refractivity contribution in [3.05, 3.63) is 18.2 Å². The molecule has 0 amide bonds. The van der Waals surface area contributed by atoms with E-state index < -0.39 is 16.9 Å². The fourth-order valence-corrected chi connectivity index (χ4v) is 2.99. The van der Waals surface area contributed by atoms with Crippen molar-refractivity contribution < 1.29 is 18.8 Å². The SMILES string of the molecule is CC(C)NCC(O)CS(=O)c1ccc2c(c1)OCCO2. The summed E-state index contributed by atoms with van der Waals surface area (Å²) in [6.45, 7) is 5.49. The minimum atomic E-state index is -1.25. The van der Waals surface area contributed by atoms with Crippen molar-refractivity contribution in [3.63, 3.8) is 0 Å². The normalized spacial score (nSPS) is 17.0. The molecule has 2 N–H and O–H groups in total. The van der Waals surface area contributed by atoms with Gasteiger partial charge < -0.3 is 19.9 Å². The third kappa shape index (κ3) is 4.19. The monoisotopic (exact) mass is 299 g/mol. The average Bonchev–Trinajstić information content (AvgIpc) is 2.44. The van der Waals surface area contributed by atoms with Gasteiger partial charge in [-0.15, -0.1) is 0 Å². The van der Waals surface area contributed by atoms with E-state index in [0.717, 1.165) is 0 Å². The highest BCUT2D eigenvalue weighted by Gasteiger charge is 2.16. The summed E-state index contributed by atoms with van der Waals surface area (Å²) in [5.41, 5.74) is 0. The van der Waals surface area contributed by atoms with Crippen LogP contribution in [0.5, 0.6) is 11.5 Å². The van der Waals surface area contributed by atoms with Crippen LogP contribution >= 0.6 is 0 Å². The van der Waals surface area contributed by atoms with Crippen molar-refractivity contribution in [1.29, 1.82) is 0 Å². The van der Waals surface area contributed by atoms with Gasteiger partial charge in [0.1, 0.15) is 13.2 Å². The average molecular weight is 299 g/mol. The van der Waals surface area contributed by atoms with E-state index in [0.29, 0.717) is 42.2 Å². The molecule has 1 aromatic rings. The van der Waals surface area contributed by atoms with Crippen LogP contribution in [0, 0.1) is 0 Å². The zero-order chi connectivity index (χ0) is 14.5. The number of aliphatic hydroxyl groups excluding tert-OH is 1. The summed E-state index contributed by atoms with van der Waals surface area (Å²) in [5, 5.41) is 13.0. The van der Waals surface area contributed by atoms with E-state index in [1.807, 2.05) is 13.8 Å². The fourth-order valence-electron chi connectivity index (χ4n) is 1.87. The molecular weight excluding hydrogens is 278 g/mol. The Kier molecular flexibility index (Phi) is 5.39. The Morgan fingerprint density at radius 1 is 1.30 bits per heavy atom. The van der Waals surface area contributed by atoms with Gasteiger partial charge in [0.05, 0.1) is 22.7 Å². The van der Waals surface area contributed by atoms with Gasteiger partial charge in [0.2, 0.25) is 0 Å². The molecule has 0 saturated heterocycles. The smallest absolute Gasteiger partial charge is 0.162 e. The molecule has 0 saturated carbocycles. The molecular formula is C14H21NO4S. The lowest BCUT2D eigenvalue weighted by Crippen LogP contribution is -2.34. The first-order valence-electron chi connectivity index (χ1n) is 6.75. The van der Waals surface area contributed by atoms with Crippen LogP contribution in [0.3, 0.4) is 0 Å². The lowest BCUT2D eigenvalue weighted by atomic mass is 10.3. The quantitative estimate of drug-likeness (QED) is 0.818. The van der Waals surface area contributed by atoms with Gasteiger partial charge in [-0.25, -0.2) is 0 Å². The first-order valence-corrected chi connectivity index (χ1v) is 8.07. The number of aliphatic hydroxyl groups is 1. The molecule has 6 heteroatoms. The molecule has 1 aliphatic rings. The second-order valence-electron chi connectivity index (χ2n) is 5.03. The molecule has 2 rings (SSSR count). The Morgan fingerprint density at radius 3 is 2.70 bits per heavy atom. The summed E-state index contributed by atoms with van der Waals surface area (Å²) in [6, 6.07) is 5.55. The second-order valence-corrected chi connectivity index (χ2v) is 6.53. The van der Waals surface area contributed by atoms with Gasteiger partial charge in [-0.2, -0.15) is 0 Å². The van der Waals surface area contributed by atoms with Gasteiger partial charge in [-0.05, 0) is 12.1 Å². The fraction of sp³-hybridized carbons (Fsp3) is 0.571. The molecule has 0 aromatic heterocycles. The number of ether oxygens (including phenoxy) is 2. The summed E-state index contributed by atoms with van der Waals surface area (Å²) in [7, 11) is -1.25. The molecule has 1 aromatic carbocycles. The highest BCUT2D eigenvalue weighted by atomic mass is 32.2. The maximum atomic E-state index is 12.2. The number of hydrogen-bond donors (Lipinski definition) is 2. The van der Waals surface area contributed by atoms with E-state index in [4.69, 9.17) is 9.47 Å². The molecule has 2 atom stereocenters. The molecule has 5 nitrogen and oxygen atoms in total. The van der Waals surface area contributed by atoms with Crippen LogP contribution in [-0.2, 0) is 10.8 Å². The van der Waals surface area contributed by atoms with E-state index in [9.17, 15) is 9.32 Å². The lowest BCUT2D eigenvalue weighted by molar-refractivity contribution is 0.171. The third-order valence-corrected chi connectivity index (χ3v) is 4.35. The summed E-state index contributed by atoms with van der Waals surface area (Å²) in [6.07, 6.45) is -0.633. The van der Waals surface area contributed by atoms with E-state index in [1.165, 1.54) is 0 Å². The number of benzene rings is 1. The standard InChI is InChI=1S/C14H21NO4S/c1-10(2)15-8-11(16)9-20(17)12-3-4-13-14(7-12)19-6-5-18-13/h3-4,7,10-11,15-16H,5-6,8-9H2,1-2H3. The van der Waals surface area contributed by atoms with Gasteiger partial charge in [0.15, 0.2) is 11.5 Å². The predicted molar refractivity (Wildman–Crippen MR) is 77.9 cm³/mol. The first-order chi connectivity index (χ1) is 9.56. The van der Waals surface area contributed by atoms with Crippen LogP contribution < -0.4 is 14.8 Å². The van der Waals surface area contributed by atoms with Crippen molar-refractivity contribution in [2.24, 2.45) is 0 Å². The number of rotatable bonds is 6. The van der Waals surface area contributed by atoms with Gasteiger partial charge in [-0.3, -0.25) is 4.21 Å². The molecule has 112 valence electrons. The van der Waals surface area contributed by atoms with Gasteiger partial charge >= 0.3 is 0 Å². The van der Waals surface area contributed by atoms with Crippen molar-refractivity contribution in [3.8, 4) is 11.5 Å².